The van der Waals surface area contributed by atoms with Gasteiger partial charge in [-0.3, -0.25) is 0 Å². The second-order valence-electron chi connectivity index (χ2n) is 6.55. The highest BCUT2D eigenvalue weighted by Gasteiger charge is 2.34. The number of rotatable bonds is 1. The smallest absolute Gasteiger partial charge is 0.489 e. The lowest BCUT2D eigenvalue weighted by molar-refractivity contribution is 0.0343. The molecule has 1 aromatic carbocycles. The summed E-state index contributed by atoms with van der Waals surface area (Å²) in [7, 11) is -0.308. The molecule has 0 bridgehead atoms. The van der Waals surface area contributed by atoms with Gasteiger partial charge in [0.2, 0.25) is 0 Å². The van der Waals surface area contributed by atoms with Crippen molar-refractivity contribution in [2.24, 2.45) is 11.3 Å². The maximum absolute atomic E-state index is 5.80. The van der Waals surface area contributed by atoms with Gasteiger partial charge in [-0.15, -0.1) is 0 Å². The third kappa shape index (κ3) is 2.94. The normalized spacial score (nSPS) is 25.1. The van der Waals surface area contributed by atoms with E-state index in [9.17, 15) is 0 Å². The molecule has 2 aliphatic heterocycles. The van der Waals surface area contributed by atoms with Gasteiger partial charge in [-0.25, -0.2) is 0 Å². The first-order valence-electron chi connectivity index (χ1n) is 7.16. The molecule has 0 radical (unpaired) electrons. The standard InChI is InChI=1S/C15H21BO4/c1-11-7-17-13-5-4-12(6-14(13)18-8-11)16-19-9-15(2,3)10-20-16/h4-6,11H,7-10H2,1-3H3. The van der Waals surface area contributed by atoms with Gasteiger partial charge < -0.3 is 18.8 Å². The molecule has 1 unspecified atom stereocenters. The number of fused-ring (bicyclic) bond motifs is 1. The molecule has 4 nitrogen and oxygen atoms in total. The fourth-order valence-corrected chi connectivity index (χ4v) is 2.30. The zero-order valence-corrected chi connectivity index (χ0v) is 12.3. The van der Waals surface area contributed by atoms with E-state index in [2.05, 4.69) is 20.8 Å². The van der Waals surface area contributed by atoms with Gasteiger partial charge in [-0.05, 0) is 17.6 Å². The van der Waals surface area contributed by atoms with Crippen molar-refractivity contribution < 1.29 is 18.8 Å². The highest BCUT2D eigenvalue weighted by Crippen LogP contribution is 2.30. The van der Waals surface area contributed by atoms with Crippen LogP contribution in [0.15, 0.2) is 18.2 Å². The van der Waals surface area contributed by atoms with Gasteiger partial charge in [-0.2, -0.15) is 0 Å². The number of benzene rings is 1. The molecular weight excluding hydrogens is 255 g/mol. The number of hydrogen-bond donors (Lipinski definition) is 0. The molecule has 1 aromatic rings. The minimum atomic E-state index is -0.308. The SMILES string of the molecule is CC1COc2ccc(B3OCC(C)(C)CO3)cc2OC1. The number of ether oxygens (including phenoxy) is 2. The van der Waals surface area contributed by atoms with Gasteiger partial charge in [0.05, 0.1) is 13.2 Å². The fourth-order valence-electron chi connectivity index (χ4n) is 2.30. The topological polar surface area (TPSA) is 36.9 Å². The molecule has 5 heteroatoms. The van der Waals surface area contributed by atoms with Gasteiger partial charge in [-0.1, -0.05) is 26.8 Å². The quantitative estimate of drug-likeness (QED) is 0.734. The molecule has 0 aromatic heterocycles. The molecule has 1 atom stereocenters. The van der Waals surface area contributed by atoms with E-state index in [0.717, 1.165) is 17.0 Å². The lowest BCUT2D eigenvalue weighted by atomic mass is 9.76. The monoisotopic (exact) mass is 276 g/mol. The Hall–Kier alpha value is -1.20. The molecular formula is C15H21BO4. The van der Waals surface area contributed by atoms with Gasteiger partial charge in [0.15, 0.2) is 11.5 Å². The van der Waals surface area contributed by atoms with Crippen LogP contribution in [-0.4, -0.2) is 33.5 Å². The summed E-state index contributed by atoms with van der Waals surface area (Å²) >= 11 is 0. The third-order valence-corrected chi connectivity index (χ3v) is 3.54. The van der Waals surface area contributed by atoms with Crippen LogP contribution in [-0.2, 0) is 9.31 Å². The van der Waals surface area contributed by atoms with Crippen molar-refractivity contribution in [1.29, 1.82) is 0 Å². The molecule has 1 fully saturated rings. The highest BCUT2D eigenvalue weighted by molar-refractivity contribution is 6.61. The van der Waals surface area contributed by atoms with Crippen LogP contribution in [0.3, 0.4) is 0 Å². The van der Waals surface area contributed by atoms with Crippen LogP contribution in [0.4, 0.5) is 0 Å². The molecule has 3 rings (SSSR count). The summed E-state index contributed by atoms with van der Waals surface area (Å²) in [6.07, 6.45) is 0. The largest absolute Gasteiger partial charge is 0.494 e. The summed E-state index contributed by atoms with van der Waals surface area (Å²) in [5.74, 6) is 1.98. The first kappa shape index (κ1) is 13.8. The van der Waals surface area contributed by atoms with Gasteiger partial charge >= 0.3 is 7.12 Å². The van der Waals surface area contributed by atoms with Crippen molar-refractivity contribution in [3.63, 3.8) is 0 Å². The summed E-state index contributed by atoms with van der Waals surface area (Å²) in [5, 5.41) is 0. The maximum Gasteiger partial charge on any atom is 0.494 e. The Morgan fingerprint density at radius 1 is 1.05 bits per heavy atom. The number of hydrogen-bond acceptors (Lipinski definition) is 4. The van der Waals surface area contributed by atoms with Crippen LogP contribution in [0, 0.1) is 11.3 Å². The lowest BCUT2D eigenvalue weighted by Crippen LogP contribution is -2.47. The molecule has 1 saturated heterocycles. The Morgan fingerprint density at radius 3 is 2.40 bits per heavy atom. The zero-order valence-electron chi connectivity index (χ0n) is 12.3. The van der Waals surface area contributed by atoms with Crippen molar-refractivity contribution in [2.45, 2.75) is 20.8 Å². The fraction of sp³-hybridized carbons (Fsp3) is 0.600. The zero-order chi connectivity index (χ0) is 14.2. The van der Waals surface area contributed by atoms with E-state index < -0.39 is 0 Å². The molecule has 0 amide bonds. The molecule has 0 spiro atoms. The molecule has 108 valence electrons. The van der Waals surface area contributed by atoms with Gasteiger partial charge in [0.25, 0.3) is 0 Å². The van der Waals surface area contributed by atoms with E-state index in [1.165, 1.54) is 0 Å². The second-order valence-corrected chi connectivity index (χ2v) is 6.55. The minimum Gasteiger partial charge on any atom is -0.489 e. The molecule has 0 N–H and O–H groups in total. The average molecular weight is 276 g/mol. The van der Waals surface area contributed by atoms with Crippen LogP contribution < -0.4 is 14.9 Å². The van der Waals surface area contributed by atoms with E-state index in [-0.39, 0.29) is 12.5 Å². The summed E-state index contributed by atoms with van der Waals surface area (Å²) in [5.41, 5.74) is 1.06. The summed E-state index contributed by atoms with van der Waals surface area (Å²) in [6.45, 7) is 9.15. The second kappa shape index (κ2) is 5.30. The average Bonchev–Trinajstić information content (AvgIpc) is 2.61. The Labute approximate surface area is 120 Å². The Morgan fingerprint density at radius 2 is 1.70 bits per heavy atom. The highest BCUT2D eigenvalue weighted by atomic mass is 16.6. The maximum atomic E-state index is 5.80. The van der Waals surface area contributed by atoms with Crippen LogP contribution in [0.1, 0.15) is 20.8 Å². The van der Waals surface area contributed by atoms with E-state index in [4.69, 9.17) is 18.8 Å². The van der Waals surface area contributed by atoms with Crippen LogP contribution in [0.5, 0.6) is 11.5 Å². The molecule has 2 aliphatic rings. The molecule has 0 aliphatic carbocycles. The first-order chi connectivity index (χ1) is 9.53. The van der Waals surface area contributed by atoms with Gasteiger partial charge in [0, 0.05) is 24.5 Å². The third-order valence-electron chi connectivity index (χ3n) is 3.54. The van der Waals surface area contributed by atoms with Crippen molar-refractivity contribution in [3.8, 4) is 11.5 Å². The van der Waals surface area contributed by atoms with Crippen molar-refractivity contribution in [1.82, 2.24) is 0 Å². The molecule has 20 heavy (non-hydrogen) atoms. The summed E-state index contributed by atoms with van der Waals surface area (Å²) in [4.78, 5) is 0. The van der Waals surface area contributed by atoms with Crippen LogP contribution >= 0.6 is 0 Å². The van der Waals surface area contributed by atoms with Gasteiger partial charge in [0.1, 0.15) is 0 Å². The van der Waals surface area contributed by atoms with E-state index in [0.29, 0.717) is 32.3 Å². The molecule has 0 saturated carbocycles. The Kier molecular flexibility index (Phi) is 3.65. The van der Waals surface area contributed by atoms with Crippen molar-refractivity contribution >= 4 is 12.6 Å². The van der Waals surface area contributed by atoms with Crippen LogP contribution in [0.2, 0.25) is 0 Å². The predicted molar refractivity (Wildman–Crippen MR) is 77.7 cm³/mol. The van der Waals surface area contributed by atoms with E-state index in [1.54, 1.807) is 0 Å². The van der Waals surface area contributed by atoms with E-state index >= 15 is 0 Å². The van der Waals surface area contributed by atoms with Crippen molar-refractivity contribution in [2.75, 3.05) is 26.4 Å². The first-order valence-corrected chi connectivity index (χ1v) is 7.16. The summed E-state index contributed by atoms with van der Waals surface area (Å²) in [6, 6.07) is 5.90. The Bertz CT molecular complexity index is 479. The minimum absolute atomic E-state index is 0.0806. The Balaban J connectivity index is 1.76. The lowest BCUT2D eigenvalue weighted by Gasteiger charge is -2.33. The molecule has 2 heterocycles. The van der Waals surface area contributed by atoms with E-state index in [1.807, 2.05) is 18.2 Å². The van der Waals surface area contributed by atoms with Crippen LogP contribution in [0.25, 0.3) is 0 Å². The predicted octanol–water partition coefficient (Wildman–Crippen LogP) is 1.86. The van der Waals surface area contributed by atoms with Crippen molar-refractivity contribution in [3.05, 3.63) is 18.2 Å². The summed E-state index contributed by atoms with van der Waals surface area (Å²) < 4.78 is 23.1.